The van der Waals surface area contributed by atoms with Gasteiger partial charge in [-0.25, -0.2) is 4.98 Å². The van der Waals surface area contributed by atoms with Crippen LogP contribution >= 0.6 is 11.3 Å². The van der Waals surface area contributed by atoms with Gasteiger partial charge in [-0.1, -0.05) is 18.2 Å². The van der Waals surface area contributed by atoms with Crippen LogP contribution in [0.3, 0.4) is 0 Å². The third-order valence-corrected chi connectivity index (χ3v) is 4.96. The smallest absolute Gasteiger partial charge is 0.249 e. The van der Waals surface area contributed by atoms with E-state index in [-0.39, 0.29) is 5.91 Å². The van der Waals surface area contributed by atoms with Gasteiger partial charge < -0.3 is 10.1 Å². The molecule has 0 aliphatic carbocycles. The number of anilines is 1. The van der Waals surface area contributed by atoms with E-state index in [0.29, 0.717) is 18.2 Å². The number of nitrogens with one attached hydrogen (secondary N) is 1. The summed E-state index contributed by atoms with van der Waals surface area (Å²) < 4.78 is 7.55. The predicted octanol–water partition coefficient (Wildman–Crippen LogP) is 4.03. The van der Waals surface area contributed by atoms with Gasteiger partial charge in [-0.3, -0.25) is 9.48 Å². The van der Waals surface area contributed by atoms with Gasteiger partial charge in [0.05, 0.1) is 16.4 Å². The van der Waals surface area contributed by atoms with Gasteiger partial charge in [0.25, 0.3) is 0 Å². The molecule has 0 saturated heterocycles. The van der Waals surface area contributed by atoms with Gasteiger partial charge in [-0.15, -0.1) is 11.3 Å². The number of aromatic nitrogens is 3. The molecule has 0 radical (unpaired) electrons. The number of hydrogen-bond acceptors (Lipinski definition) is 5. The Morgan fingerprint density at radius 3 is 2.74 bits per heavy atom. The van der Waals surface area contributed by atoms with E-state index in [1.54, 1.807) is 22.1 Å². The quantitative estimate of drug-likeness (QED) is 0.654. The molecule has 0 atom stereocenters. The first kappa shape index (κ1) is 18.8. The average Bonchev–Trinajstić information content (AvgIpc) is 3.17. The highest BCUT2D eigenvalue weighted by Gasteiger charge is 2.10. The van der Waals surface area contributed by atoms with Crippen LogP contribution in [-0.4, -0.2) is 20.7 Å². The molecule has 6 nitrogen and oxygen atoms in total. The number of aryl methyl sites for hydroxylation is 3. The molecule has 0 aliphatic heterocycles. The maximum absolute atomic E-state index is 12.3. The molecule has 0 fully saturated rings. The molecule has 1 N–H and O–H groups in total. The Bertz CT molecular complexity index is 988. The zero-order valence-electron chi connectivity index (χ0n) is 15.8. The van der Waals surface area contributed by atoms with Crippen molar-refractivity contribution in [3.05, 3.63) is 63.2 Å². The second-order valence-corrected chi connectivity index (χ2v) is 7.25. The summed E-state index contributed by atoms with van der Waals surface area (Å²) in [5.74, 6) is 1.19. The number of rotatable bonds is 6. The molecule has 3 aromatic rings. The molecule has 0 aliphatic rings. The van der Waals surface area contributed by atoms with Crippen LogP contribution in [0.4, 0.5) is 5.82 Å². The first-order valence-corrected chi connectivity index (χ1v) is 9.44. The van der Waals surface area contributed by atoms with Gasteiger partial charge in [0.1, 0.15) is 18.2 Å². The number of ether oxygens (including phenoxy) is 1. The number of hydrogen-bond donors (Lipinski definition) is 1. The second-order valence-electron chi connectivity index (χ2n) is 6.19. The summed E-state index contributed by atoms with van der Waals surface area (Å²) >= 11 is 1.60. The fourth-order valence-electron chi connectivity index (χ4n) is 2.64. The van der Waals surface area contributed by atoms with E-state index >= 15 is 0 Å². The van der Waals surface area contributed by atoms with Crippen LogP contribution in [0.25, 0.3) is 6.08 Å². The number of carbonyl (C=O) groups is 1. The van der Waals surface area contributed by atoms with Crippen molar-refractivity contribution in [1.82, 2.24) is 14.8 Å². The lowest BCUT2D eigenvalue weighted by Crippen LogP contribution is -2.12. The van der Waals surface area contributed by atoms with E-state index < -0.39 is 0 Å². The molecule has 7 heteroatoms. The highest BCUT2D eigenvalue weighted by molar-refractivity contribution is 7.09. The Balaban J connectivity index is 1.68. The fourth-order valence-corrected chi connectivity index (χ4v) is 3.24. The lowest BCUT2D eigenvalue weighted by Gasteiger charge is -2.08. The minimum atomic E-state index is -0.217. The molecular formula is C20H22N4O2S. The molecule has 1 aromatic carbocycles. The van der Waals surface area contributed by atoms with Crippen molar-refractivity contribution in [3.63, 3.8) is 0 Å². The van der Waals surface area contributed by atoms with Crippen LogP contribution in [0.1, 0.15) is 27.5 Å². The van der Waals surface area contributed by atoms with Crippen LogP contribution in [0, 0.1) is 20.8 Å². The normalized spacial score (nSPS) is 11.1. The standard InChI is InChI=1S/C20H22N4O2S/c1-13-14(2)23-24(4)20(13)22-19(25)10-9-16-7-5-6-8-18(16)26-11-17-12-27-15(3)21-17/h5-10,12H,11H2,1-4H3,(H,22,25)/b10-9+. The zero-order chi connectivity index (χ0) is 19.4. The summed E-state index contributed by atoms with van der Waals surface area (Å²) in [4.78, 5) is 16.7. The van der Waals surface area contributed by atoms with E-state index in [1.165, 1.54) is 6.08 Å². The van der Waals surface area contributed by atoms with Crippen molar-refractivity contribution in [2.45, 2.75) is 27.4 Å². The van der Waals surface area contributed by atoms with Gasteiger partial charge >= 0.3 is 0 Å². The maximum atomic E-state index is 12.3. The van der Waals surface area contributed by atoms with E-state index in [9.17, 15) is 4.79 Å². The van der Waals surface area contributed by atoms with Crippen molar-refractivity contribution < 1.29 is 9.53 Å². The van der Waals surface area contributed by atoms with Crippen LogP contribution in [0.15, 0.2) is 35.7 Å². The van der Waals surface area contributed by atoms with Crippen molar-refractivity contribution >= 4 is 29.1 Å². The SMILES string of the molecule is Cc1nc(COc2ccccc2/C=C/C(=O)Nc2c(C)c(C)nn2C)cs1. The van der Waals surface area contributed by atoms with E-state index in [0.717, 1.165) is 27.5 Å². The van der Waals surface area contributed by atoms with E-state index in [4.69, 9.17) is 4.74 Å². The monoisotopic (exact) mass is 382 g/mol. The lowest BCUT2D eigenvalue weighted by molar-refractivity contribution is -0.111. The number of thiazole rings is 1. The van der Waals surface area contributed by atoms with Crippen molar-refractivity contribution in [2.75, 3.05) is 5.32 Å². The van der Waals surface area contributed by atoms with E-state index in [2.05, 4.69) is 15.4 Å². The third kappa shape index (κ3) is 4.62. The highest BCUT2D eigenvalue weighted by atomic mass is 32.1. The zero-order valence-corrected chi connectivity index (χ0v) is 16.6. The highest BCUT2D eigenvalue weighted by Crippen LogP contribution is 2.22. The Kier molecular flexibility index (Phi) is 5.71. The topological polar surface area (TPSA) is 69.0 Å². The first-order chi connectivity index (χ1) is 12.9. The molecule has 1 amide bonds. The molecule has 3 rings (SSSR count). The minimum absolute atomic E-state index is 0.217. The van der Waals surface area contributed by atoms with Gasteiger partial charge in [0, 0.05) is 29.6 Å². The Hall–Kier alpha value is -2.93. The Morgan fingerprint density at radius 1 is 1.30 bits per heavy atom. The van der Waals surface area contributed by atoms with Crippen LogP contribution in [0.5, 0.6) is 5.75 Å². The van der Waals surface area contributed by atoms with Gasteiger partial charge in [0.15, 0.2) is 0 Å². The molecule has 2 heterocycles. The van der Waals surface area contributed by atoms with Crippen LogP contribution in [0.2, 0.25) is 0 Å². The summed E-state index contributed by atoms with van der Waals surface area (Å²) in [5, 5.41) is 10.2. The summed E-state index contributed by atoms with van der Waals surface area (Å²) in [6, 6.07) is 7.60. The van der Waals surface area contributed by atoms with Crippen LogP contribution in [-0.2, 0) is 18.4 Å². The lowest BCUT2D eigenvalue weighted by atomic mass is 10.2. The van der Waals surface area contributed by atoms with Crippen molar-refractivity contribution in [1.29, 1.82) is 0 Å². The molecule has 27 heavy (non-hydrogen) atoms. The minimum Gasteiger partial charge on any atom is -0.487 e. The molecule has 0 saturated carbocycles. The number of carbonyl (C=O) groups excluding carboxylic acids is 1. The first-order valence-electron chi connectivity index (χ1n) is 8.56. The summed E-state index contributed by atoms with van der Waals surface area (Å²) in [7, 11) is 1.81. The molecule has 0 spiro atoms. The molecule has 0 bridgehead atoms. The maximum Gasteiger partial charge on any atom is 0.249 e. The molecular weight excluding hydrogens is 360 g/mol. The average molecular weight is 382 g/mol. The largest absolute Gasteiger partial charge is 0.487 e. The van der Waals surface area contributed by atoms with Gasteiger partial charge in [-0.05, 0) is 32.9 Å². The Morgan fingerprint density at radius 2 is 2.07 bits per heavy atom. The molecule has 2 aromatic heterocycles. The van der Waals surface area contributed by atoms with Gasteiger partial charge in [-0.2, -0.15) is 5.10 Å². The summed E-state index contributed by atoms with van der Waals surface area (Å²) in [6.07, 6.45) is 3.24. The number of benzene rings is 1. The number of amides is 1. The predicted molar refractivity (Wildman–Crippen MR) is 108 cm³/mol. The number of para-hydroxylation sites is 1. The van der Waals surface area contributed by atoms with Crippen molar-refractivity contribution in [2.24, 2.45) is 7.05 Å². The number of nitrogens with zero attached hydrogens (tertiary/aromatic N) is 3. The molecule has 0 unspecified atom stereocenters. The van der Waals surface area contributed by atoms with Gasteiger partial charge in [0.2, 0.25) is 5.91 Å². The molecule has 140 valence electrons. The fraction of sp³-hybridized carbons (Fsp3) is 0.250. The van der Waals surface area contributed by atoms with Crippen LogP contribution < -0.4 is 10.1 Å². The van der Waals surface area contributed by atoms with Crippen molar-refractivity contribution in [3.8, 4) is 5.75 Å². The second kappa shape index (κ2) is 8.18. The Labute approximate surface area is 162 Å². The third-order valence-electron chi connectivity index (χ3n) is 4.14. The summed E-state index contributed by atoms with van der Waals surface area (Å²) in [6.45, 7) is 6.22. The summed E-state index contributed by atoms with van der Waals surface area (Å²) in [5.41, 5.74) is 3.59. The van der Waals surface area contributed by atoms with E-state index in [1.807, 2.05) is 57.5 Å².